The second-order valence-electron chi connectivity index (χ2n) is 7.08. The predicted molar refractivity (Wildman–Crippen MR) is 124 cm³/mol. The summed E-state index contributed by atoms with van der Waals surface area (Å²) in [7, 11) is 3.21. The summed E-state index contributed by atoms with van der Waals surface area (Å²) in [5.74, 6) is 1.81. The smallest absolute Gasteiger partial charge is 0.257 e. The molecule has 0 bridgehead atoms. The van der Waals surface area contributed by atoms with E-state index in [9.17, 15) is 4.79 Å². The third kappa shape index (κ3) is 4.28. The number of hydrogen-bond acceptors (Lipinski definition) is 5. The summed E-state index contributed by atoms with van der Waals surface area (Å²) in [4.78, 5) is 17.6. The molecule has 0 spiro atoms. The van der Waals surface area contributed by atoms with Gasteiger partial charge in [-0.05, 0) is 54.3 Å². The van der Waals surface area contributed by atoms with E-state index in [0.29, 0.717) is 22.8 Å². The van der Waals surface area contributed by atoms with Gasteiger partial charge in [-0.15, -0.1) is 0 Å². The number of ether oxygens (including phenoxy) is 2. The van der Waals surface area contributed by atoms with E-state index < -0.39 is 0 Å². The first kappa shape index (κ1) is 20.2. The average molecular weight is 413 g/mol. The molecule has 1 aromatic heterocycles. The van der Waals surface area contributed by atoms with Crippen LogP contribution in [0.1, 0.15) is 15.9 Å². The Morgan fingerprint density at radius 2 is 1.65 bits per heavy atom. The van der Waals surface area contributed by atoms with E-state index >= 15 is 0 Å². The number of aromatic nitrogens is 1. The summed E-state index contributed by atoms with van der Waals surface area (Å²) in [6.07, 6.45) is 1.59. The number of aryl methyl sites for hydroxylation is 1. The number of fused-ring (bicyclic) bond motifs is 1. The number of rotatable bonds is 6. The van der Waals surface area contributed by atoms with Gasteiger partial charge in [-0.25, -0.2) is 4.98 Å². The van der Waals surface area contributed by atoms with Crippen LogP contribution in [0.3, 0.4) is 0 Å². The van der Waals surface area contributed by atoms with Gasteiger partial charge in [0.15, 0.2) is 0 Å². The zero-order chi connectivity index (χ0) is 21.8. The van der Waals surface area contributed by atoms with E-state index in [0.717, 1.165) is 27.8 Å². The SMILES string of the molecule is COc1ccc(Nc2ncc(C(=O)Nc3cc(C)ccc3OC)c3ccccc23)cc1. The monoisotopic (exact) mass is 413 g/mol. The zero-order valence-electron chi connectivity index (χ0n) is 17.6. The number of amides is 1. The first-order valence-electron chi connectivity index (χ1n) is 9.84. The van der Waals surface area contributed by atoms with Crippen LogP contribution in [-0.2, 0) is 0 Å². The molecule has 6 nitrogen and oxygen atoms in total. The van der Waals surface area contributed by atoms with E-state index in [4.69, 9.17) is 9.47 Å². The second-order valence-corrected chi connectivity index (χ2v) is 7.08. The third-order valence-corrected chi connectivity index (χ3v) is 5.00. The molecule has 0 aliphatic heterocycles. The maximum absolute atomic E-state index is 13.1. The number of carbonyl (C=O) groups excluding carboxylic acids is 1. The first-order chi connectivity index (χ1) is 15.1. The number of nitrogens with one attached hydrogen (secondary N) is 2. The molecule has 0 atom stereocenters. The fourth-order valence-electron chi connectivity index (χ4n) is 3.39. The Hall–Kier alpha value is -4.06. The number of nitrogens with zero attached hydrogens (tertiary/aromatic N) is 1. The molecule has 0 aliphatic rings. The number of methoxy groups -OCH3 is 2. The van der Waals surface area contributed by atoms with Crippen LogP contribution in [0.5, 0.6) is 11.5 Å². The van der Waals surface area contributed by atoms with Gasteiger partial charge in [-0.3, -0.25) is 4.79 Å². The highest BCUT2D eigenvalue weighted by Crippen LogP contribution is 2.30. The van der Waals surface area contributed by atoms with Gasteiger partial charge in [0.25, 0.3) is 5.91 Å². The van der Waals surface area contributed by atoms with Crippen molar-refractivity contribution in [2.75, 3.05) is 24.9 Å². The van der Waals surface area contributed by atoms with Crippen molar-refractivity contribution >= 4 is 33.9 Å². The lowest BCUT2D eigenvalue weighted by atomic mass is 10.1. The average Bonchev–Trinajstić information content (AvgIpc) is 2.80. The molecule has 0 fully saturated rings. The van der Waals surface area contributed by atoms with Crippen molar-refractivity contribution in [3.63, 3.8) is 0 Å². The Bertz CT molecular complexity index is 1240. The highest BCUT2D eigenvalue weighted by atomic mass is 16.5. The van der Waals surface area contributed by atoms with Crippen LogP contribution in [0, 0.1) is 6.92 Å². The van der Waals surface area contributed by atoms with Crippen molar-refractivity contribution < 1.29 is 14.3 Å². The van der Waals surface area contributed by atoms with Gasteiger partial charge >= 0.3 is 0 Å². The second kappa shape index (κ2) is 8.75. The number of carbonyl (C=O) groups is 1. The van der Waals surface area contributed by atoms with E-state index in [1.165, 1.54) is 0 Å². The van der Waals surface area contributed by atoms with Crippen LogP contribution in [0.4, 0.5) is 17.2 Å². The molecule has 0 saturated heterocycles. The molecule has 6 heteroatoms. The molecule has 0 saturated carbocycles. The van der Waals surface area contributed by atoms with Crippen molar-refractivity contribution in [3.8, 4) is 11.5 Å². The largest absolute Gasteiger partial charge is 0.497 e. The normalized spacial score (nSPS) is 10.5. The Balaban J connectivity index is 1.67. The molecule has 0 radical (unpaired) electrons. The van der Waals surface area contributed by atoms with E-state index in [-0.39, 0.29) is 5.91 Å². The van der Waals surface area contributed by atoms with Crippen LogP contribution < -0.4 is 20.1 Å². The van der Waals surface area contributed by atoms with Gasteiger partial charge in [0, 0.05) is 17.3 Å². The summed E-state index contributed by atoms with van der Waals surface area (Å²) in [6.45, 7) is 1.96. The molecule has 0 aliphatic carbocycles. The van der Waals surface area contributed by atoms with Crippen molar-refractivity contribution in [1.82, 2.24) is 4.98 Å². The fourth-order valence-corrected chi connectivity index (χ4v) is 3.39. The predicted octanol–water partition coefficient (Wildman–Crippen LogP) is 5.56. The molecular formula is C25H23N3O3. The molecule has 4 rings (SSSR count). The Morgan fingerprint density at radius 1 is 0.903 bits per heavy atom. The summed E-state index contributed by atoms with van der Waals surface area (Å²) in [5.41, 5.74) is 3.01. The van der Waals surface area contributed by atoms with Crippen LogP contribution in [0.15, 0.2) is 72.9 Å². The number of benzene rings is 3. The maximum Gasteiger partial charge on any atom is 0.257 e. The van der Waals surface area contributed by atoms with Gasteiger partial charge in [-0.1, -0.05) is 30.3 Å². The van der Waals surface area contributed by atoms with Crippen molar-refractivity contribution in [1.29, 1.82) is 0 Å². The first-order valence-corrected chi connectivity index (χ1v) is 9.84. The Kier molecular flexibility index (Phi) is 5.71. The molecule has 31 heavy (non-hydrogen) atoms. The highest BCUT2D eigenvalue weighted by molar-refractivity contribution is 6.14. The van der Waals surface area contributed by atoms with Crippen molar-refractivity contribution in [2.45, 2.75) is 6.92 Å². The maximum atomic E-state index is 13.1. The molecule has 156 valence electrons. The molecule has 1 amide bonds. The molecule has 2 N–H and O–H groups in total. The Labute approximate surface area is 180 Å². The van der Waals surface area contributed by atoms with Crippen molar-refractivity contribution in [3.05, 3.63) is 84.1 Å². The molecule has 1 heterocycles. The minimum absolute atomic E-state index is 0.247. The summed E-state index contributed by atoms with van der Waals surface area (Å²) >= 11 is 0. The minimum atomic E-state index is -0.247. The van der Waals surface area contributed by atoms with Gasteiger partial charge < -0.3 is 20.1 Å². The van der Waals surface area contributed by atoms with Gasteiger partial charge in [0.2, 0.25) is 0 Å². The van der Waals surface area contributed by atoms with Crippen LogP contribution >= 0.6 is 0 Å². The summed E-state index contributed by atoms with van der Waals surface area (Å²) < 4.78 is 10.6. The van der Waals surface area contributed by atoms with E-state index in [1.807, 2.05) is 73.7 Å². The standard InChI is InChI=1S/C25H23N3O3/c1-16-8-13-23(31-3)22(14-16)28-25(29)21-15-26-24(20-7-5-4-6-19(20)21)27-17-9-11-18(30-2)12-10-17/h4-15H,1-3H3,(H,26,27)(H,28,29). The topological polar surface area (TPSA) is 72.5 Å². The van der Waals surface area contributed by atoms with Gasteiger partial charge in [0.05, 0.1) is 25.5 Å². The number of pyridine rings is 1. The summed E-state index contributed by atoms with van der Waals surface area (Å²) in [5, 5.41) is 7.93. The lowest BCUT2D eigenvalue weighted by molar-refractivity contribution is 0.102. The van der Waals surface area contributed by atoms with Gasteiger partial charge in [-0.2, -0.15) is 0 Å². The van der Waals surface area contributed by atoms with E-state index in [1.54, 1.807) is 20.4 Å². The number of anilines is 3. The van der Waals surface area contributed by atoms with E-state index in [2.05, 4.69) is 15.6 Å². The zero-order valence-corrected chi connectivity index (χ0v) is 17.6. The number of hydrogen-bond donors (Lipinski definition) is 2. The lowest BCUT2D eigenvalue weighted by Gasteiger charge is -2.14. The molecule has 4 aromatic rings. The highest BCUT2D eigenvalue weighted by Gasteiger charge is 2.16. The van der Waals surface area contributed by atoms with Crippen LogP contribution in [0.25, 0.3) is 10.8 Å². The van der Waals surface area contributed by atoms with Crippen molar-refractivity contribution in [2.24, 2.45) is 0 Å². The summed E-state index contributed by atoms with van der Waals surface area (Å²) in [6, 6.07) is 20.9. The lowest BCUT2D eigenvalue weighted by Crippen LogP contribution is -2.14. The molecule has 3 aromatic carbocycles. The Morgan fingerprint density at radius 3 is 2.35 bits per heavy atom. The van der Waals surface area contributed by atoms with Crippen LogP contribution in [-0.4, -0.2) is 25.1 Å². The van der Waals surface area contributed by atoms with Crippen LogP contribution in [0.2, 0.25) is 0 Å². The molecule has 0 unspecified atom stereocenters. The quantitative estimate of drug-likeness (QED) is 0.433. The van der Waals surface area contributed by atoms with Gasteiger partial charge in [0.1, 0.15) is 17.3 Å². The molecular weight excluding hydrogens is 390 g/mol. The minimum Gasteiger partial charge on any atom is -0.497 e. The fraction of sp³-hybridized carbons (Fsp3) is 0.120. The third-order valence-electron chi connectivity index (χ3n) is 5.00.